The number of hydrogen-bond acceptors (Lipinski definition) is 4. The first kappa shape index (κ1) is 9.01. The highest BCUT2D eigenvalue weighted by atomic mass is 32.1. The molecule has 1 unspecified atom stereocenters. The van der Waals surface area contributed by atoms with E-state index < -0.39 is 0 Å². The van der Waals surface area contributed by atoms with Crippen LogP contribution in [-0.4, -0.2) is 18.1 Å². The number of rotatable bonds is 3. The quantitative estimate of drug-likeness (QED) is 0.714. The smallest absolute Gasteiger partial charge is 0.185 e. The van der Waals surface area contributed by atoms with Gasteiger partial charge in [-0.05, 0) is 6.92 Å². The number of anilines is 1. The molecule has 0 bridgehead atoms. The Morgan fingerprint density at radius 2 is 2.58 bits per heavy atom. The molecule has 0 aliphatic carbocycles. The van der Waals surface area contributed by atoms with Gasteiger partial charge in [-0.1, -0.05) is 0 Å². The zero-order valence-electron chi connectivity index (χ0n) is 7.19. The first-order valence-corrected chi connectivity index (χ1v) is 4.63. The molecule has 0 aliphatic rings. The van der Waals surface area contributed by atoms with Gasteiger partial charge in [0.05, 0.1) is 12.5 Å². The average Bonchev–Trinajstić information content (AvgIpc) is 2.55. The van der Waals surface area contributed by atoms with Crippen LogP contribution in [0, 0.1) is 11.3 Å². The van der Waals surface area contributed by atoms with E-state index in [1.165, 1.54) is 0 Å². The number of hydrogen-bond donors (Lipinski definition) is 0. The molecule has 0 saturated carbocycles. The van der Waals surface area contributed by atoms with Crippen LogP contribution in [0.4, 0.5) is 5.13 Å². The molecule has 1 heterocycles. The standard InChI is InChI=1S/C8H11N3S/c1-7(3-4-9)11(2)8-10-5-6-12-8/h5-7H,3H2,1-2H3. The van der Waals surface area contributed by atoms with Gasteiger partial charge in [0.1, 0.15) is 0 Å². The van der Waals surface area contributed by atoms with Crippen molar-refractivity contribution >= 4 is 16.5 Å². The third kappa shape index (κ3) is 1.95. The van der Waals surface area contributed by atoms with Crippen LogP contribution < -0.4 is 4.90 Å². The van der Waals surface area contributed by atoms with Crippen molar-refractivity contribution in [1.29, 1.82) is 5.26 Å². The molecule has 0 saturated heterocycles. The minimum atomic E-state index is 0.237. The normalized spacial score (nSPS) is 12.1. The highest BCUT2D eigenvalue weighted by molar-refractivity contribution is 7.13. The molecule has 0 radical (unpaired) electrons. The van der Waals surface area contributed by atoms with E-state index in [1.807, 2.05) is 24.3 Å². The van der Waals surface area contributed by atoms with Crippen molar-refractivity contribution in [3.8, 4) is 6.07 Å². The minimum Gasteiger partial charge on any atom is -0.347 e. The lowest BCUT2D eigenvalue weighted by Gasteiger charge is -2.21. The van der Waals surface area contributed by atoms with Crippen molar-refractivity contribution in [3.63, 3.8) is 0 Å². The second-order valence-electron chi connectivity index (χ2n) is 2.64. The molecule has 0 amide bonds. The van der Waals surface area contributed by atoms with Crippen molar-refractivity contribution in [3.05, 3.63) is 11.6 Å². The number of thiazole rings is 1. The van der Waals surface area contributed by atoms with E-state index in [0.29, 0.717) is 6.42 Å². The average molecular weight is 181 g/mol. The van der Waals surface area contributed by atoms with Crippen LogP contribution in [-0.2, 0) is 0 Å². The maximum Gasteiger partial charge on any atom is 0.185 e. The molecule has 1 aromatic rings. The fraction of sp³-hybridized carbons (Fsp3) is 0.500. The predicted molar refractivity (Wildman–Crippen MR) is 50.2 cm³/mol. The third-order valence-electron chi connectivity index (χ3n) is 1.77. The Kier molecular flexibility index (Phi) is 3.06. The lowest BCUT2D eigenvalue weighted by Crippen LogP contribution is -2.28. The summed E-state index contributed by atoms with van der Waals surface area (Å²) in [7, 11) is 1.96. The van der Waals surface area contributed by atoms with Gasteiger partial charge in [-0.25, -0.2) is 4.98 Å². The van der Waals surface area contributed by atoms with Crippen LogP contribution >= 0.6 is 11.3 Å². The Labute approximate surface area is 76.3 Å². The number of aromatic nitrogens is 1. The van der Waals surface area contributed by atoms with Crippen molar-refractivity contribution < 1.29 is 0 Å². The van der Waals surface area contributed by atoms with Crippen LogP contribution in [0.3, 0.4) is 0 Å². The molecule has 3 nitrogen and oxygen atoms in total. The zero-order valence-corrected chi connectivity index (χ0v) is 8.01. The van der Waals surface area contributed by atoms with E-state index in [4.69, 9.17) is 5.26 Å². The van der Waals surface area contributed by atoms with Crippen molar-refractivity contribution in [1.82, 2.24) is 4.98 Å². The van der Waals surface area contributed by atoms with Crippen LogP contribution in [0.15, 0.2) is 11.6 Å². The summed E-state index contributed by atoms with van der Waals surface area (Å²) < 4.78 is 0. The van der Waals surface area contributed by atoms with E-state index in [2.05, 4.69) is 11.1 Å². The summed E-state index contributed by atoms with van der Waals surface area (Å²) in [6.45, 7) is 2.02. The predicted octanol–water partition coefficient (Wildman–Crippen LogP) is 1.88. The Bertz CT molecular complexity index is 262. The summed E-state index contributed by atoms with van der Waals surface area (Å²) >= 11 is 1.59. The molecular weight excluding hydrogens is 170 g/mol. The monoisotopic (exact) mass is 181 g/mol. The van der Waals surface area contributed by atoms with E-state index in [0.717, 1.165) is 5.13 Å². The first-order valence-electron chi connectivity index (χ1n) is 3.75. The number of nitrogens with zero attached hydrogens (tertiary/aromatic N) is 3. The third-order valence-corrected chi connectivity index (χ3v) is 2.63. The van der Waals surface area contributed by atoms with Crippen molar-refractivity contribution in [2.24, 2.45) is 0 Å². The molecule has 1 atom stereocenters. The number of nitriles is 1. The minimum absolute atomic E-state index is 0.237. The summed E-state index contributed by atoms with van der Waals surface area (Å²) in [5, 5.41) is 11.4. The Morgan fingerprint density at radius 1 is 1.83 bits per heavy atom. The fourth-order valence-electron chi connectivity index (χ4n) is 0.848. The van der Waals surface area contributed by atoms with Crippen LogP contribution in [0.1, 0.15) is 13.3 Å². The van der Waals surface area contributed by atoms with E-state index in [1.54, 1.807) is 17.5 Å². The highest BCUT2D eigenvalue weighted by Gasteiger charge is 2.10. The molecular formula is C8H11N3S. The molecule has 1 rings (SSSR count). The highest BCUT2D eigenvalue weighted by Crippen LogP contribution is 2.18. The first-order chi connectivity index (χ1) is 5.75. The fourth-order valence-corrected chi connectivity index (χ4v) is 1.56. The van der Waals surface area contributed by atoms with Gasteiger partial charge in [0.25, 0.3) is 0 Å². The van der Waals surface area contributed by atoms with Gasteiger partial charge in [-0.15, -0.1) is 11.3 Å². The summed E-state index contributed by atoms with van der Waals surface area (Å²) in [6, 6.07) is 2.38. The Morgan fingerprint density at radius 3 is 3.08 bits per heavy atom. The maximum absolute atomic E-state index is 8.49. The van der Waals surface area contributed by atoms with Crippen LogP contribution in [0.5, 0.6) is 0 Å². The molecule has 0 fully saturated rings. The Hall–Kier alpha value is -1.08. The van der Waals surface area contributed by atoms with Crippen molar-refractivity contribution in [2.45, 2.75) is 19.4 Å². The van der Waals surface area contributed by atoms with Crippen LogP contribution in [0.2, 0.25) is 0 Å². The van der Waals surface area contributed by atoms with E-state index in [-0.39, 0.29) is 6.04 Å². The second-order valence-corrected chi connectivity index (χ2v) is 3.51. The summed E-state index contributed by atoms with van der Waals surface area (Å²) in [4.78, 5) is 6.18. The zero-order chi connectivity index (χ0) is 8.97. The topological polar surface area (TPSA) is 39.9 Å². The van der Waals surface area contributed by atoms with Gasteiger partial charge >= 0.3 is 0 Å². The van der Waals surface area contributed by atoms with Gasteiger partial charge in [0.15, 0.2) is 5.13 Å². The molecule has 0 aromatic carbocycles. The summed E-state index contributed by atoms with van der Waals surface area (Å²) in [6.07, 6.45) is 2.31. The summed E-state index contributed by atoms with van der Waals surface area (Å²) in [5.74, 6) is 0. The largest absolute Gasteiger partial charge is 0.347 e. The molecule has 0 aliphatic heterocycles. The molecule has 0 N–H and O–H groups in total. The van der Waals surface area contributed by atoms with Gasteiger partial charge in [-0.2, -0.15) is 5.26 Å². The van der Waals surface area contributed by atoms with Gasteiger partial charge in [0, 0.05) is 24.7 Å². The van der Waals surface area contributed by atoms with E-state index >= 15 is 0 Å². The lowest BCUT2D eigenvalue weighted by molar-refractivity contribution is 0.700. The maximum atomic E-state index is 8.49. The molecule has 4 heteroatoms. The van der Waals surface area contributed by atoms with Gasteiger partial charge < -0.3 is 4.90 Å². The SMILES string of the molecule is CC(CC#N)N(C)c1nccs1. The molecule has 12 heavy (non-hydrogen) atoms. The Balaban J connectivity index is 2.60. The lowest BCUT2D eigenvalue weighted by atomic mass is 10.2. The molecule has 0 spiro atoms. The van der Waals surface area contributed by atoms with Crippen LogP contribution in [0.25, 0.3) is 0 Å². The van der Waals surface area contributed by atoms with Gasteiger partial charge in [0.2, 0.25) is 0 Å². The van der Waals surface area contributed by atoms with E-state index in [9.17, 15) is 0 Å². The van der Waals surface area contributed by atoms with Gasteiger partial charge in [-0.3, -0.25) is 0 Å². The van der Waals surface area contributed by atoms with Crippen molar-refractivity contribution in [2.75, 3.05) is 11.9 Å². The molecule has 64 valence electrons. The second kappa shape index (κ2) is 4.07. The summed E-state index contributed by atoms with van der Waals surface area (Å²) in [5.41, 5.74) is 0. The molecule has 1 aromatic heterocycles.